The van der Waals surface area contributed by atoms with Crippen LogP contribution in [0.1, 0.15) is 34.5 Å². The average molecular weight is 273 g/mol. The van der Waals surface area contributed by atoms with E-state index in [9.17, 15) is 4.79 Å². The number of carbonyl (C=O) groups is 1. The molecule has 1 aromatic heterocycles. The predicted octanol–water partition coefficient (Wildman–Crippen LogP) is 3.76. The highest BCUT2D eigenvalue weighted by molar-refractivity contribution is 6.31. The summed E-state index contributed by atoms with van der Waals surface area (Å²) in [6, 6.07) is 7.30. The smallest absolute Gasteiger partial charge is 0.259 e. The van der Waals surface area contributed by atoms with E-state index in [-0.39, 0.29) is 11.9 Å². The Balaban J connectivity index is 2.13. The molecule has 0 N–H and O–H groups in total. The Hall–Kier alpha value is -1.87. The summed E-state index contributed by atoms with van der Waals surface area (Å²) >= 11 is 6.02. The number of carbonyl (C=O) groups excluding carboxylic acids is 1. The van der Waals surface area contributed by atoms with E-state index >= 15 is 0 Å². The molecule has 0 fully saturated rings. The van der Waals surface area contributed by atoms with Gasteiger partial charge in [0.15, 0.2) is 0 Å². The summed E-state index contributed by atoms with van der Waals surface area (Å²) in [5.74, 6) is 0.00951. The fourth-order valence-corrected chi connectivity index (χ4v) is 2.73. The molecule has 19 heavy (non-hydrogen) atoms. The molecular weight excluding hydrogens is 260 g/mol. The Kier molecular flexibility index (Phi) is 2.79. The molecule has 1 aliphatic heterocycles. The van der Waals surface area contributed by atoms with Crippen molar-refractivity contribution in [2.75, 3.05) is 4.90 Å². The Morgan fingerprint density at radius 2 is 2.11 bits per heavy atom. The lowest BCUT2D eigenvalue weighted by Gasteiger charge is -2.23. The Morgan fingerprint density at radius 3 is 2.84 bits per heavy atom. The number of rotatable bonds is 1. The van der Waals surface area contributed by atoms with Gasteiger partial charge in [-0.1, -0.05) is 11.6 Å². The Bertz CT molecular complexity index is 669. The molecule has 3 rings (SSSR count). The van der Waals surface area contributed by atoms with Crippen molar-refractivity contribution in [3.05, 3.63) is 58.4 Å². The van der Waals surface area contributed by atoms with Crippen LogP contribution >= 0.6 is 11.6 Å². The standard InChI is InChI=1S/C15H13ClN2O/c1-9-5-6-17-8-14(9)18-10(2)13-7-11(16)3-4-12(13)15(18)19/h3-8,10H,1-2H3. The van der Waals surface area contributed by atoms with Gasteiger partial charge < -0.3 is 0 Å². The number of benzene rings is 1. The van der Waals surface area contributed by atoms with Crippen LogP contribution in [0.4, 0.5) is 5.69 Å². The number of pyridine rings is 1. The number of anilines is 1. The van der Waals surface area contributed by atoms with Gasteiger partial charge in [0.25, 0.3) is 5.91 Å². The van der Waals surface area contributed by atoms with Gasteiger partial charge in [-0.3, -0.25) is 14.7 Å². The van der Waals surface area contributed by atoms with Gasteiger partial charge in [-0.05, 0) is 49.2 Å². The molecular formula is C15H13ClN2O. The van der Waals surface area contributed by atoms with Crippen LogP contribution in [0.15, 0.2) is 36.7 Å². The molecule has 0 saturated carbocycles. The number of nitrogens with zero attached hydrogens (tertiary/aromatic N) is 2. The molecule has 0 spiro atoms. The van der Waals surface area contributed by atoms with Crippen LogP contribution in [0.25, 0.3) is 0 Å². The third-order valence-corrected chi connectivity index (χ3v) is 3.81. The van der Waals surface area contributed by atoms with Crippen molar-refractivity contribution >= 4 is 23.2 Å². The summed E-state index contributed by atoms with van der Waals surface area (Å²) in [4.78, 5) is 18.4. The number of halogens is 1. The minimum absolute atomic E-state index is 0.00951. The molecule has 1 unspecified atom stereocenters. The summed E-state index contributed by atoms with van der Waals surface area (Å²) in [5.41, 5.74) is 3.59. The number of fused-ring (bicyclic) bond motifs is 1. The molecule has 0 bridgehead atoms. The third kappa shape index (κ3) is 1.81. The number of aryl methyl sites for hydroxylation is 1. The first kappa shape index (κ1) is 12.2. The van der Waals surface area contributed by atoms with Crippen molar-refractivity contribution in [2.24, 2.45) is 0 Å². The zero-order valence-electron chi connectivity index (χ0n) is 10.7. The van der Waals surface area contributed by atoms with Gasteiger partial charge in [0.05, 0.1) is 17.9 Å². The maximum absolute atomic E-state index is 12.5. The minimum Gasteiger partial charge on any atom is -0.299 e. The molecule has 0 saturated heterocycles. The van der Waals surface area contributed by atoms with Gasteiger partial charge in [-0.15, -0.1) is 0 Å². The molecule has 2 heterocycles. The summed E-state index contributed by atoms with van der Waals surface area (Å²) in [5, 5.41) is 0.656. The summed E-state index contributed by atoms with van der Waals surface area (Å²) in [6.07, 6.45) is 3.46. The van der Waals surface area contributed by atoms with Crippen LogP contribution in [0.3, 0.4) is 0 Å². The SMILES string of the molecule is Cc1ccncc1N1C(=O)c2ccc(Cl)cc2C1C. The lowest BCUT2D eigenvalue weighted by molar-refractivity contribution is 0.0992. The highest BCUT2D eigenvalue weighted by Crippen LogP contribution is 2.39. The second-order valence-corrected chi connectivity index (χ2v) is 5.18. The molecule has 2 aromatic rings. The van der Waals surface area contributed by atoms with E-state index < -0.39 is 0 Å². The van der Waals surface area contributed by atoms with Crippen LogP contribution in [0.2, 0.25) is 5.02 Å². The van der Waals surface area contributed by atoms with Crippen LogP contribution < -0.4 is 4.90 Å². The number of hydrogen-bond donors (Lipinski definition) is 0. The van der Waals surface area contributed by atoms with Gasteiger partial charge in [-0.2, -0.15) is 0 Å². The van der Waals surface area contributed by atoms with E-state index in [1.54, 1.807) is 29.4 Å². The molecule has 0 radical (unpaired) electrons. The van der Waals surface area contributed by atoms with Gasteiger partial charge in [-0.25, -0.2) is 0 Å². The zero-order valence-corrected chi connectivity index (χ0v) is 11.5. The van der Waals surface area contributed by atoms with Crippen LogP contribution in [0.5, 0.6) is 0 Å². The molecule has 1 aromatic carbocycles. The third-order valence-electron chi connectivity index (χ3n) is 3.57. The molecule has 0 aliphatic carbocycles. The number of hydrogen-bond acceptors (Lipinski definition) is 2. The molecule has 96 valence electrons. The summed E-state index contributed by atoms with van der Waals surface area (Å²) in [7, 11) is 0. The highest BCUT2D eigenvalue weighted by atomic mass is 35.5. The van der Waals surface area contributed by atoms with Gasteiger partial charge in [0, 0.05) is 16.8 Å². The maximum atomic E-state index is 12.5. The highest BCUT2D eigenvalue weighted by Gasteiger charge is 2.35. The van der Waals surface area contributed by atoms with E-state index in [1.165, 1.54) is 0 Å². The largest absolute Gasteiger partial charge is 0.299 e. The second kappa shape index (κ2) is 4.35. The van der Waals surface area contributed by atoms with E-state index in [2.05, 4.69) is 4.98 Å². The number of amides is 1. The van der Waals surface area contributed by atoms with Crippen molar-refractivity contribution in [1.82, 2.24) is 4.98 Å². The number of aromatic nitrogens is 1. The van der Waals surface area contributed by atoms with Crippen molar-refractivity contribution in [3.8, 4) is 0 Å². The monoisotopic (exact) mass is 272 g/mol. The molecule has 3 nitrogen and oxygen atoms in total. The maximum Gasteiger partial charge on any atom is 0.259 e. The fourth-order valence-electron chi connectivity index (χ4n) is 2.54. The molecule has 1 atom stereocenters. The van der Waals surface area contributed by atoms with E-state index in [0.29, 0.717) is 5.02 Å². The topological polar surface area (TPSA) is 33.2 Å². The average Bonchev–Trinajstić information content (AvgIpc) is 2.63. The van der Waals surface area contributed by atoms with Crippen molar-refractivity contribution in [1.29, 1.82) is 0 Å². The van der Waals surface area contributed by atoms with E-state index in [0.717, 1.165) is 22.4 Å². The lowest BCUT2D eigenvalue weighted by Crippen LogP contribution is -2.26. The lowest BCUT2D eigenvalue weighted by atomic mass is 10.1. The van der Waals surface area contributed by atoms with Crippen LogP contribution in [0, 0.1) is 6.92 Å². The minimum atomic E-state index is -0.0240. The fraction of sp³-hybridized carbons (Fsp3) is 0.200. The quantitative estimate of drug-likeness (QED) is 0.792. The van der Waals surface area contributed by atoms with E-state index in [1.807, 2.05) is 26.0 Å². The normalized spacial score (nSPS) is 17.7. The Morgan fingerprint density at radius 1 is 1.32 bits per heavy atom. The molecule has 1 amide bonds. The first-order valence-electron chi connectivity index (χ1n) is 6.13. The van der Waals surface area contributed by atoms with Crippen molar-refractivity contribution < 1.29 is 4.79 Å². The first-order valence-corrected chi connectivity index (χ1v) is 6.51. The van der Waals surface area contributed by atoms with E-state index in [4.69, 9.17) is 11.6 Å². The van der Waals surface area contributed by atoms with Crippen LogP contribution in [-0.4, -0.2) is 10.9 Å². The molecule has 1 aliphatic rings. The molecule has 4 heteroatoms. The van der Waals surface area contributed by atoms with Crippen LogP contribution in [-0.2, 0) is 0 Å². The van der Waals surface area contributed by atoms with Gasteiger partial charge in [0.1, 0.15) is 0 Å². The van der Waals surface area contributed by atoms with Crippen molar-refractivity contribution in [2.45, 2.75) is 19.9 Å². The van der Waals surface area contributed by atoms with Gasteiger partial charge in [0.2, 0.25) is 0 Å². The summed E-state index contributed by atoms with van der Waals surface area (Å²) < 4.78 is 0. The zero-order chi connectivity index (χ0) is 13.6. The van der Waals surface area contributed by atoms with Gasteiger partial charge >= 0.3 is 0 Å². The first-order chi connectivity index (χ1) is 9.09. The Labute approximate surface area is 116 Å². The summed E-state index contributed by atoms with van der Waals surface area (Å²) in [6.45, 7) is 3.99. The second-order valence-electron chi connectivity index (χ2n) is 4.74. The van der Waals surface area contributed by atoms with Crippen molar-refractivity contribution in [3.63, 3.8) is 0 Å². The predicted molar refractivity (Wildman–Crippen MR) is 75.7 cm³/mol.